The zero-order chi connectivity index (χ0) is 20.5. The Balaban J connectivity index is 1.35. The highest BCUT2D eigenvalue weighted by Crippen LogP contribution is 2.12. The number of guanidine groups is 1. The highest BCUT2D eigenvalue weighted by molar-refractivity contribution is 5.79. The van der Waals surface area contributed by atoms with Gasteiger partial charge in [-0.25, -0.2) is 9.67 Å². The van der Waals surface area contributed by atoms with E-state index in [0.29, 0.717) is 12.5 Å². The SMILES string of the molecule is CN=C(NCCCOCC1CCOC1)NCc1ccc(-n2nc(C)cc2C)nc1. The van der Waals surface area contributed by atoms with Crippen molar-refractivity contribution in [3.63, 3.8) is 0 Å². The van der Waals surface area contributed by atoms with Crippen molar-refractivity contribution < 1.29 is 9.47 Å². The Labute approximate surface area is 172 Å². The molecule has 29 heavy (non-hydrogen) atoms. The fourth-order valence-electron chi connectivity index (χ4n) is 3.26. The Morgan fingerprint density at radius 2 is 2.24 bits per heavy atom. The molecule has 2 aromatic rings. The molecule has 0 bridgehead atoms. The van der Waals surface area contributed by atoms with Gasteiger partial charge < -0.3 is 20.1 Å². The molecule has 1 aliphatic rings. The van der Waals surface area contributed by atoms with Gasteiger partial charge in [0.1, 0.15) is 0 Å². The second kappa shape index (κ2) is 10.9. The number of hydrogen-bond acceptors (Lipinski definition) is 5. The molecule has 3 heterocycles. The second-order valence-electron chi connectivity index (χ2n) is 7.37. The molecule has 0 radical (unpaired) electrons. The Morgan fingerprint density at radius 3 is 2.90 bits per heavy atom. The van der Waals surface area contributed by atoms with E-state index in [1.165, 1.54) is 0 Å². The predicted molar refractivity (Wildman–Crippen MR) is 113 cm³/mol. The van der Waals surface area contributed by atoms with E-state index in [-0.39, 0.29) is 0 Å². The van der Waals surface area contributed by atoms with Crippen molar-refractivity contribution in [3.05, 3.63) is 41.3 Å². The van der Waals surface area contributed by atoms with Crippen LogP contribution in [0.2, 0.25) is 0 Å². The molecule has 1 saturated heterocycles. The van der Waals surface area contributed by atoms with Crippen LogP contribution in [0.25, 0.3) is 5.82 Å². The topological polar surface area (TPSA) is 85.6 Å². The fourth-order valence-corrected chi connectivity index (χ4v) is 3.26. The van der Waals surface area contributed by atoms with E-state index in [1.54, 1.807) is 7.05 Å². The van der Waals surface area contributed by atoms with E-state index < -0.39 is 0 Å². The van der Waals surface area contributed by atoms with Crippen molar-refractivity contribution in [2.75, 3.05) is 40.0 Å². The van der Waals surface area contributed by atoms with Gasteiger partial charge in [-0.05, 0) is 44.4 Å². The number of aromatic nitrogens is 3. The number of aryl methyl sites for hydroxylation is 2. The molecule has 158 valence electrons. The molecule has 8 heteroatoms. The van der Waals surface area contributed by atoms with Crippen molar-refractivity contribution >= 4 is 5.96 Å². The lowest BCUT2D eigenvalue weighted by molar-refractivity contribution is 0.0888. The van der Waals surface area contributed by atoms with Gasteiger partial charge >= 0.3 is 0 Å². The average molecular weight is 401 g/mol. The Morgan fingerprint density at radius 1 is 1.34 bits per heavy atom. The van der Waals surface area contributed by atoms with E-state index in [0.717, 1.165) is 74.5 Å². The van der Waals surface area contributed by atoms with Crippen LogP contribution in [0.5, 0.6) is 0 Å². The average Bonchev–Trinajstić information content (AvgIpc) is 3.36. The molecule has 0 aromatic carbocycles. The molecule has 1 atom stereocenters. The minimum Gasteiger partial charge on any atom is -0.381 e. The molecule has 2 N–H and O–H groups in total. The van der Waals surface area contributed by atoms with E-state index in [9.17, 15) is 0 Å². The highest BCUT2D eigenvalue weighted by Gasteiger charge is 2.15. The van der Waals surface area contributed by atoms with Crippen molar-refractivity contribution in [1.29, 1.82) is 0 Å². The third-order valence-electron chi connectivity index (χ3n) is 4.85. The molecular formula is C21H32N6O2. The minimum atomic E-state index is 0.568. The fraction of sp³-hybridized carbons (Fsp3) is 0.571. The van der Waals surface area contributed by atoms with Gasteiger partial charge in [-0.2, -0.15) is 5.10 Å². The smallest absolute Gasteiger partial charge is 0.191 e. The van der Waals surface area contributed by atoms with Crippen LogP contribution in [-0.4, -0.2) is 60.7 Å². The van der Waals surface area contributed by atoms with Gasteiger partial charge in [0.15, 0.2) is 11.8 Å². The van der Waals surface area contributed by atoms with Crippen LogP contribution >= 0.6 is 0 Å². The van der Waals surface area contributed by atoms with Crippen molar-refractivity contribution in [3.8, 4) is 5.82 Å². The molecule has 0 spiro atoms. The largest absolute Gasteiger partial charge is 0.381 e. The molecule has 0 saturated carbocycles. The number of rotatable bonds is 9. The third kappa shape index (κ3) is 6.54. The monoisotopic (exact) mass is 400 g/mol. The first-order chi connectivity index (χ1) is 14.2. The normalized spacial score (nSPS) is 16.9. The third-order valence-corrected chi connectivity index (χ3v) is 4.85. The first-order valence-electron chi connectivity index (χ1n) is 10.2. The molecule has 8 nitrogen and oxygen atoms in total. The van der Waals surface area contributed by atoms with Crippen LogP contribution in [0.15, 0.2) is 29.4 Å². The molecule has 3 rings (SSSR count). The van der Waals surface area contributed by atoms with Crippen molar-refractivity contribution in [1.82, 2.24) is 25.4 Å². The maximum atomic E-state index is 5.72. The maximum absolute atomic E-state index is 5.72. The minimum absolute atomic E-state index is 0.568. The van der Waals surface area contributed by atoms with Gasteiger partial charge in [-0.15, -0.1) is 0 Å². The van der Waals surface area contributed by atoms with Gasteiger partial charge in [0.05, 0.1) is 18.9 Å². The summed E-state index contributed by atoms with van der Waals surface area (Å²) in [5.41, 5.74) is 3.15. The molecular weight excluding hydrogens is 368 g/mol. The zero-order valence-corrected chi connectivity index (χ0v) is 17.6. The van der Waals surface area contributed by atoms with Gasteiger partial charge in [-0.1, -0.05) is 6.07 Å². The summed E-state index contributed by atoms with van der Waals surface area (Å²) in [5.74, 6) is 2.17. The van der Waals surface area contributed by atoms with Crippen LogP contribution in [0, 0.1) is 19.8 Å². The lowest BCUT2D eigenvalue weighted by atomic mass is 10.1. The van der Waals surface area contributed by atoms with Crippen LogP contribution in [0.3, 0.4) is 0 Å². The van der Waals surface area contributed by atoms with Crippen LogP contribution in [-0.2, 0) is 16.0 Å². The molecule has 0 aliphatic carbocycles. The number of nitrogens with zero attached hydrogens (tertiary/aromatic N) is 4. The van der Waals surface area contributed by atoms with Crippen LogP contribution < -0.4 is 10.6 Å². The number of aliphatic imine (C=N–C) groups is 1. The summed E-state index contributed by atoms with van der Waals surface area (Å²) >= 11 is 0. The lowest BCUT2D eigenvalue weighted by Crippen LogP contribution is -2.37. The first kappa shape index (κ1) is 21.3. The van der Waals surface area contributed by atoms with Gasteiger partial charge in [-0.3, -0.25) is 4.99 Å². The molecule has 2 aromatic heterocycles. The lowest BCUT2D eigenvalue weighted by Gasteiger charge is -2.13. The first-order valence-corrected chi connectivity index (χ1v) is 10.2. The summed E-state index contributed by atoms with van der Waals surface area (Å²) in [6.07, 6.45) is 3.92. The quantitative estimate of drug-likeness (QED) is 0.380. The van der Waals surface area contributed by atoms with Crippen molar-refractivity contribution in [2.24, 2.45) is 10.9 Å². The van der Waals surface area contributed by atoms with Gasteiger partial charge in [0, 0.05) is 51.2 Å². The number of ether oxygens (including phenoxy) is 2. The highest BCUT2D eigenvalue weighted by atomic mass is 16.5. The summed E-state index contributed by atoms with van der Waals surface area (Å²) in [5, 5.41) is 11.1. The van der Waals surface area contributed by atoms with Gasteiger partial charge in [0.2, 0.25) is 0 Å². The number of nitrogens with one attached hydrogen (secondary N) is 2. The summed E-state index contributed by atoms with van der Waals surface area (Å²) in [6, 6.07) is 6.08. The van der Waals surface area contributed by atoms with E-state index in [2.05, 4.69) is 31.8 Å². The van der Waals surface area contributed by atoms with Crippen LogP contribution in [0.4, 0.5) is 0 Å². The number of hydrogen-bond donors (Lipinski definition) is 2. The molecule has 1 fully saturated rings. The Bertz CT molecular complexity index is 781. The van der Waals surface area contributed by atoms with E-state index >= 15 is 0 Å². The molecule has 1 aliphatic heterocycles. The summed E-state index contributed by atoms with van der Waals surface area (Å²) in [4.78, 5) is 8.80. The van der Waals surface area contributed by atoms with Gasteiger partial charge in [0.25, 0.3) is 0 Å². The van der Waals surface area contributed by atoms with Crippen LogP contribution in [0.1, 0.15) is 29.8 Å². The molecule has 0 amide bonds. The standard InChI is InChI=1S/C21H32N6O2/c1-16-11-17(2)27(26-16)20-6-5-18(12-24-20)13-25-21(22-3)23-8-4-9-28-14-19-7-10-29-15-19/h5-6,11-12,19H,4,7-10,13-15H2,1-3H3,(H2,22,23,25). The predicted octanol–water partition coefficient (Wildman–Crippen LogP) is 1.99. The van der Waals surface area contributed by atoms with E-state index in [1.807, 2.05) is 36.9 Å². The van der Waals surface area contributed by atoms with E-state index in [4.69, 9.17) is 9.47 Å². The maximum Gasteiger partial charge on any atom is 0.191 e. The summed E-state index contributed by atoms with van der Waals surface area (Å²) < 4.78 is 12.9. The Hall–Kier alpha value is -2.45. The Kier molecular flexibility index (Phi) is 8.01. The zero-order valence-electron chi connectivity index (χ0n) is 17.6. The summed E-state index contributed by atoms with van der Waals surface area (Å²) in [6.45, 7) is 8.74. The van der Waals surface area contributed by atoms with Crippen molar-refractivity contribution in [2.45, 2.75) is 33.2 Å². The summed E-state index contributed by atoms with van der Waals surface area (Å²) in [7, 11) is 1.77. The molecule has 1 unspecified atom stereocenters. The second-order valence-corrected chi connectivity index (χ2v) is 7.37. The number of pyridine rings is 1.